The summed E-state index contributed by atoms with van der Waals surface area (Å²) in [5, 5.41) is 11.3. The molecule has 1 fully saturated rings. The molecule has 2 heterocycles. The van der Waals surface area contributed by atoms with Gasteiger partial charge in [0.25, 0.3) is 0 Å². The first kappa shape index (κ1) is 10.3. The molecule has 1 aliphatic heterocycles. The monoisotopic (exact) mass is 219 g/mol. The van der Waals surface area contributed by atoms with E-state index in [1.807, 2.05) is 0 Å². The summed E-state index contributed by atoms with van der Waals surface area (Å²) in [5.74, 6) is 0.708. The average Bonchev–Trinajstić information content (AvgIpc) is 2.60. The summed E-state index contributed by atoms with van der Waals surface area (Å²) in [6, 6.07) is 0. The molecule has 2 aliphatic rings. The van der Waals surface area contributed by atoms with Gasteiger partial charge in [-0.1, -0.05) is 6.42 Å². The van der Waals surface area contributed by atoms with Gasteiger partial charge in [0.1, 0.15) is 0 Å². The Hall–Kier alpha value is -0.830. The van der Waals surface area contributed by atoms with Gasteiger partial charge in [-0.15, -0.1) is 0 Å². The molecular weight excluding hydrogens is 198 g/mol. The minimum Gasteiger partial charge on any atom is -0.317 e. The molecule has 1 aliphatic carbocycles. The summed E-state index contributed by atoms with van der Waals surface area (Å²) in [7, 11) is 0. The molecule has 3 heteroatoms. The molecule has 3 nitrogen and oxygen atoms in total. The molecule has 0 atom stereocenters. The molecule has 0 radical (unpaired) electrons. The van der Waals surface area contributed by atoms with Crippen LogP contribution in [0.2, 0.25) is 0 Å². The molecule has 0 bridgehead atoms. The maximum atomic E-state index is 4.61. The Morgan fingerprint density at radius 1 is 1.00 bits per heavy atom. The van der Waals surface area contributed by atoms with Gasteiger partial charge in [0, 0.05) is 11.6 Å². The fraction of sp³-hybridized carbons (Fsp3) is 0.769. The first-order valence-corrected chi connectivity index (χ1v) is 6.72. The maximum absolute atomic E-state index is 4.61. The van der Waals surface area contributed by atoms with E-state index < -0.39 is 0 Å². The summed E-state index contributed by atoms with van der Waals surface area (Å²) >= 11 is 0. The van der Waals surface area contributed by atoms with Gasteiger partial charge >= 0.3 is 0 Å². The Balaban J connectivity index is 1.86. The number of aryl methyl sites for hydroxylation is 1. The fourth-order valence-electron chi connectivity index (χ4n) is 3.12. The highest BCUT2D eigenvalue weighted by Gasteiger charge is 2.23. The van der Waals surface area contributed by atoms with Crippen LogP contribution in [0, 0.1) is 0 Å². The van der Waals surface area contributed by atoms with Crippen molar-refractivity contribution in [1.82, 2.24) is 15.5 Å². The van der Waals surface area contributed by atoms with Crippen molar-refractivity contribution in [2.24, 2.45) is 0 Å². The molecule has 1 saturated heterocycles. The molecule has 0 spiro atoms. The molecule has 1 aromatic rings. The number of nitrogens with one attached hydrogen (secondary N) is 2. The summed E-state index contributed by atoms with van der Waals surface area (Å²) in [6.07, 6.45) is 9.06. The van der Waals surface area contributed by atoms with Gasteiger partial charge in [-0.25, -0.2) is 0 Å². The smallest absolute Gasteiger partial charge is 0.0688 e. The number of aromatic amines is 1. The maximum Gasteiger partial charge on any atom is 0.0688 e. The second kappa shape index (κ2) is 4.58. The van der Waals surface area contributed by atoms with Gasteiger partial charge < -0.3 is 5.32 Å². The van der Waals surface area contributed by atoms with E-state index in [-0.39, 0.29) is 0 Å². The summed E-state index contributed by atoms with van der Waals surface area (Å²) in [6.45, 7) is 2.32. The molecule has 2 N–H and O–H groups in total. The van der Waals surface area contributed by atoms with Crippen molar-refractivity contribution in [3.8, 4) is 0 Å². The Kier molecular flexibility index (Phi) is 2.96. The number of fused-ring (bicyclic) bond motifs is 1. The summed E-state index contributed by atoms with van der Waals surface area (Å²) in [5.41, 5.74) is 4.41. The molecule has 1 aromatic heterocycles. The lowest BCUT2D eigenvalue weighted by atomic mass is 9.90. The molecule has 16 heavy (non-hydrogen) atoms. The minimum atomic E-state index is 0.708. The quantitative estimate of drug-likeness (QED) is 0.710. The first-order chi connectivity index (χ1) is 7.95. The van der Waals surface area contributed by atoms with Crippen molar-refractivity contribution in [2.75, 3.05) is 13.1 Å². The van der Waals surface area contributed by atoms with E-state index >= 15 is 0 Å². The number of aromatic nitrogens is 2. The van der Waals surface area contributed by atoms with Crippen molar-refractivity contribution in [3.63, 3.8) is 0 Å². The first-order valence-electron chi connectivity index (χ1n) is 6.72. The van der Waals surface area contributed by atoms with Crippen molar-refractivity contribution in [1.29, 1.82) is 0 Å². The molecule has 0 amide bonds. The van der Waals surface area contributed by atoms with Crippen molar-refractivity contribution < 1.29 is 0 Å². The van der Waals surface area contributed by atoms with E-state index in [2.05, 4.69) is 15.5 Å². The third-order valence-corrected chi connectivity index (χ3v) is 4.06. The van der Waals surface area contributed by atoms with Crippen LogP contribution in [-0.2, 0) is 12.8 Å². The zero-order valence-electron chi connectivity index (χ0n) is 9.89. The van der Waals surface area contributed by atoms with Crippen LogP contribution in [0.1, 0.15) is 55.0 Å². The van der Waals surface area contributed by atoms with Crippen LogP contribution in [0.25, 0.3) is 0 Å². The molecule has 0 aromatic carbocycles. The Labute approximate surface area is 97.0 Å². The van der Waals surface area contributed by atoms with E-state index in [1.54, 1.807) is 5.56 Å². The zero-order valence-corrected chi connectivity index (χ0v) is 9.89. The lowest BCUT2D eigenvalue weighted by Gasteiger charge is -2.22. The average molecular weight is 219 g/mol. The molecule has 0 unspecified atom stereocenters. The lowest BCUT2D eigenvalue weighted by molar-refractivity contribution is 0.450. The van der Waals surface area contributed by atoms with E-state index in [1.165, 1.54) is 56.3 Å². The van der Waals surface area contributed by atoms with E-state index in [9.17, 15) is 0 Å². The minimum absolute atomic E-state index is 0.708. The van der Waals surface area contributed by atoms with Crippen LogP contribution in [0.4, 0.5) is 0 Å². The van der Waals surface area contributed by atoms with Crippen LogP contribution >= 0.6 is 0 Å². The van der Waals surface area contributed by atoms with E-state index in [0.717, 1.165) is 13.1 Å². The van der Waals surface area contributed by atoms with Crippen LogP contribution < -0.4 is 5.32 Å². The molecule has 0 saturated carbocycles. The van der Waals surface area contributed by atoms with Crippen molar-refractivity contribution in [3.05, 3.63) is 17.0 Å². The van der Waals surface area contributed by atoms with Crippen LogP contribution in [0.5, 0.6) is 0 Å². The summed E-state index contributed by atoms with van der Waals surface area (Å²) < 4.78 is 0. The highest BCUT2D eigenvalue weighted by Crippen LogP contribution is 2.31. The highest BCUT2D eigenvalue weighted by atomic mass is 15.1. The normalized spacial score (nSPS) is 22.8. The predicted molar refractivity (Wildman–Crippen MR) is 64.7 cm³/mol. The second-order valence-electron chi connectivity index (χ2n) is 5.15. The lowest BCUT2D eigenvalue weighted by Crippen LogP contribution is -2.27. The van der Waals surface area contributed by atoms with Gasteiger partial charge in [-0.2, -0.15) is 5.10 Å². The van der Waals surface area contributed by atoms with Gasteiger partial charge in [0.15, 0.2) is 0 Å². The van der Waals surface area contributed by atoms with Gasteiger partial charge in [0.05, 0.1) is 5.69 Å². The van der Waals surface area contributed by atoms with Gasteiger partial charge in [0.2, 0.25) is 0 Å². The molecule has 88 valence electrons. The Morgan fingerprint density at radius 3 is 2.69 bits per heavy atom. The van der Waals surface area contributed by atoms with Crippen LogP contribution in [0.15, 0.2) is 0 Å². The summed E-state index contributed by atoms with van der Waals surface area (Å²) in [4.78, 5) is 0. The Bertz CT molecular complexity index is 350. The predicted octanol–water partition coefficient (Wildman–Crippen LogP) is 2.15. The fourth-order valence-corrected chi connectivity index (χ4v) is 3.12. The number of H-pyrrole nitrogens is 1. The molecule has 3 rings (SSSR count). The number of hydrogen-bond donors (Lipinski definition) is 2. The standard InChI is InChI=1S/C13H21N3/c1-2-4-11-12(5-3-1)15-16-13(11)10-6-8-14-9-7-10/h10,14H,1-9H2,(H,15,16). The van der Waals surface area contributed by atoms with Crippen LogP contribution in [0.3, 0.4) is 0 Å². The zero-order chi connectivity index (χ0) is 10.8. The van der Waals surface area contributed by atoms with E-state index in [4.69, 9.17) is 0 Å². The van der Waals surface area contributed by atoms with Gasteiger partial charge in [-0.05, 0) is 57.2 Å². The van der Waals surface area contributed by atoms with Crippen molar-refractivity contribution in [2.45, 2.75) is 50.9 Å². The largest absolute Gasteiger partial charge is 0.317 e. The number of piperidine rings is 1. The number of hydrogen-bond acceptors (Lipinski definition) is 2. The third-order valence-electron chi connectivity index (χ3n) is 4.06. The Morgan fingerprint density at radius 2 is 1.81 bits per heavy atom. The van der Waals surface area contributed by atoms with Gasteiger partial charge in [-0.3, -0.25) is 5.10 Å². The number of rotatable bonds is 1. The van der Waals surface area contributed by atoms with E-state index in [0.29, 0.717) is 5.92 Å². The second-order valence-corrected chi connectivity index (χ2v) is 5.15. The topological polar surface area (TPSA) is 40.7 Å². The molecular formula is C13H21N3. The number of nitrogens with zero attached hydrogens (tertiary/aromatic N) is 1. The van der Waals surface area contributed by atoms with Crippen molar-refractivity contribution >= 4 is 0 Å². The highest BCUT2D eigenvalue weighted by molar-refractivity contribution is 5.29. The van der Waals surface area contributed by atoms with Crippen LogP contribution in [-0.4, -0.2) is 23.3 Å². The third kappa shape index (κ3) is 1.88. The SMILES string of the molecule is C1CCc2[nH]nc(C3CCNCC3)c2CC1.